The number of carboxylic acid groups (broad SMARTS) is 1. The van der Waals surface area contributed by atoms with Gasteiger partial charge in [0.25, 0.3) is 0 Å². The topological polar surface area (TPSA) is 57.5 Å². The molecule has 5 heteroatoms. The van der Waals surface area contributed by atoms with Gasteiger partial charge >= 0.3 is 5.97 Å². The predicted octanol–water partition coefficient (Wildman–Crippen LogP) is 2.74. The van der Waals surface area contributed by atoms with Gasteiger partial charge in [0, 0.05) is 5.56 Å². The number of hydrogen-bond donors (Lipinski definition) is 2. The molecule has 0 spiro atoms. The molecule has 0 saturated heterocycles. The lowest BCUT2D eigenvalue weighted by molar-refractivity contribution is 0.0690. The van der Waals surface area contributed by atoms with Crippen molar-refractivity contribution in [3.8, 4) is 0 Å². The van der Waals surface area contributed by atoms with Crippen LogP contribution in [0, 0.1) is 11.6 Å². The van der Waals surface area contributed by atoms with Gasteiger partial charge in [-0.1, -0.05) is 30.3 Å². The van der Waals surface area contributed by atoms with E-state index in [1.807, 2.05) is 0 Å². The van der Waals surface area contributed by atoms with Crippen molar-refractivity contribution in [2.24, 2.45) is 0 Å². The molecule has 0 aliphatic heterocycles. The van der Waals surface area contributed by atoms with Crippen LogP contribution in [0.2, 0.25) is 0 Å². The van der Waals surface area contributed by atoms with E-state index in [4.69, 9.17) is 5.11 Å². The van der Waals surface area contributed by atoms with Gasteiger partial charge in [-0.3, -0.25) is 0 Å². The zero-order chi connectivity index (χ0) is 14.0. The van der Waals surface area contributed by atoms with Crippen LogP contribution in [0.1, 0.15) is 27.6 Å². The Bertz CT molecular complexity index is 612. The summed E-state index contributed by atoms with van der Waals surface area (Å²) in [6.07, 6.45) is -1.33. The lowest BCUT2D eigenvalue weighted by Gasteiger charge is -2.14. The van der Waals surface area contributed by atoms with Crippen LogP contribution in [-0.2, 0) is 0 Å². The summed E-state index contributed by atoms with van der Waals surface area (Å²) < 4.78 is 26.3. The fraction of sp³-hybridized carbons (Fsp3) is 0.0714. The molecule has 19 heavy (non-hydrogen) atoms. The summed E-state index contributed by atoms with van der Waals surface area (Å²) in [6, 6.07) is 9.43. The van der Waals surface area contributed by atoms with E-state index in [0.29, 0.717) is 17.7 Å². The Balaban J connectivity index is 2.55. The third-order valence-electron chi connectivity index (χ3n) is 2.73. The highest BCUT2D eigenvalue weighted by atomic mass is 19.2. The van der Waals surface area contributed by atoms with E-state index in [9.17, 15) is 18.7 Å². The Kier molecular flexibility index (Phi) is 3.57. The molecule has 0 amide bonds. The predicted molar refractivity (Wildman–Crippen MR) is 63.8 cm³/mol. The minimum Gasteiger partial charge on any atom is -0.478 e. The zero-order valence-electron chi connectivity index (χ0n) is 9.68. The van der Waals surface area contributed by atoms with Crippen LogP contribution >= 0.6 is 0 Å². The molecule has 3 nitrogen and oxygen atoms in total. The number of aliphatic hydroxyl groups is 1. The van der Waals surface area contributed by atoms with Gasteiger partial charge in [0.05, 0.1) is 5.56 Å². The van der Waals surface area contributed by atoms with Crippen LogP contribution in [0.15, 0.2) is 42.5 Å². The number of hydrogen-bond acceptors (Lipinski definition) is 2. The van der Waals surface area contributed by atoms with Gasteiger partial charge in [-0.05, 0) is 17.7 Å². The van der Waals surface area contributed by atoms with Crippen LogP contribution in [0.4, 0.5) is 8.78 Å². The number of carbonyl (C=O) groups is 1. The molecule has 1 atom stereocenters. The highest BCUT2D eigenvalue weighted by Crippen LogP contribution is 2.27. The molecule has 98 valence electrons. The van der Waals surface area contributed by atoms with Gasteiger partial charge in [0.15, 0.2) is 11.6 Å². The summed E-state index contributed by atoms with van der Waals surface area (Å²) in [4.78, 5) is 11.0. The number of carboxylic acids is 1. The van der Waals surface area contributed by atoms with Crippen molar-refractivity contribution in [1.29, 1.82) is 0 Å². The van der Waals surface area contributed by atoms with Gasteiger partial charge in [0.2, 0.25) is 0 Å². The first-order valence-corrected chi connectivity index (χ1v) is 5.46. The Morgan fingerprint density at radius 1 is 1.05 bits per heavy atom. The zero-order valence-corrected chi connectivity index (χ0v) is 9.68. The minimum atomic E-state index is -1.43. The maximum atomic E-state index is 13.2. The first-order chi connectivity index (χ1) is 9.00. The maximum Gasteiger partial charge on any atom is 0.336 e. The van der Waals surface area contributed by atoms with Crippen molar-refractivity contribution in [1.82, 2.24) is 0 Å². The number of aromatic carboxylic acids is 1. The maximum absolute atomic E-state index is 13.2. The van der Waals surface area contributed by atoms with Crippen LogP contribution < -0.4 is 0 Å². The van der Waals surface area contributed by atoms with Crippen molar-refractivity contribution in [3.63, 3.8) is 0 Å². The highest BCUT2D eigenvalue weighted by Gasteiger charge is 2.21. The fourth-order valence-corrected chi connectivity index (χ4v) is 1.79. The number of aliphatic hydroxyl groups excluding tert-OH is 1. The number of benzene rings is 2. The van der Waals surface area contributed by atoms with Crippen molar-refractivity contribution in [3.05, 3.63) is 70.8 Å². The van der Waals surface area contributed by atoms with Gasteiger partial charge in [-0.25, -0.2) is 13.6 Å². The highest BCUT2D eigenvalue weighted by molar-refractivity contribution is 5.89. The van der Waals surface area contributed by atoms with E-state index >= 15 is 0 Å². The van der Waals surface area contributed by atoms with Crippen LogP contribution in [0.25, 0.3) is 0 Å². The fourth-order valence-electron chi connectivity index (χ4n) is 1.79. The van der Waals surface area contributed by atoms with Crippen LogP contribution in [-0.4, -0.2) is 16.2 Å². The Hall–Kier alpha value is -2.27. The third kappa shape index (κ3) is 2.61. The Labute approximate surface area is 107 Å². The molecule has 0 aliphatic rings. The largest absolute Gasteiger partial charge is 0.478 e. The SMILES string of the molecule is O=C(O)c1cc(F)c(F)cc1C(O)c1ccccc1. The molecular formula is C14H10F2O3. The molecule has 2 aromatic rings. The lowest BCUT2D eigenvalue weighted by atomic mass is 9.96. The molecule has 2 N–H and O–H groups in total. The number of halogens is 2. The minimum absolute atomic E-state index is 0.183. The summed E-state index contributed by atoms with van der Waals surface area (Å²) in [5.74, 6) is -3.89. The van der Waals surface area contributed by atoms with Gasteiger partial charge in [-0.2, -0.15) is 0 Å². The van der Waals surface area contributed by atoms with E-state index < -0.39 is 29.3 Å². The molecule has 0 aromatic heterocycles. The molecule has 2 aromatic carbocycles. The van der Waals surface area contributed by atoms with E-state index in [1.165, 1.54) is 0 Å². The first kappa shape index (κ1) is 13.2. The molecule has 1 unspecified atom stereocenters. The Morgan fingerprint density at radius 3 is 2.21 bits per heavy atom. The lowest BCUT2D eigenvalue weighted by Crippen LogP contribution is -2.10. The summed E-state index contributed by atoms with van der Waals surface area (Å²) >= 11 is 0. The normalized spacial score (nSPS) is 12.2. The van der Waals surface area contributed by atoms with Gasteiger partial charge < -0.3 is 10.2 Å². The van der Waals surface area contributed by atoms with E-state index in [0.717, 1.165) is 0 Å². The molecule has 0 fully saturated rings. The van der Waals surface area contributed by atoms with Crippen molar-refractivity contribution in [2.45, 2.75) is 6.10 Å². The second-order valence-electron chi connectivity index (χ2n) is 3.97. The average molecular weight is 264 g/mol. The van der Waals surface area contributed by atoms with Crippen LogP contribution in [0.5, 0.6) is 0 Å². The standard InChI is InChI=1S/C14H10F2O3/c15-11-6-9(10(14(18)19)7-12(11)16)13(17)8-4-2-1-3-5-8/h1-7,13,17H,(H,18,19). The molecule has 0 heterocycles. The van der Waals surface area contributed by atoms with E-state index in [-0.39, 0.29) is 5.56 Å². The first-order valence-electron chi connectivity index (χ1n) is 5.46. The van der Waals surface area contributed by atoms with Crippen molar-refractivity contribution >= 4 is 5.97 Å². The molecule has 0 radical (unpaired) electrons. The second-order valence-corrected chi connectivity index (χ2v) is 3.97. The summed E-state index contributed by atoms with van der Waals surface area (Å²) in [6.45, 7) is 0. The van der Waals surface area contributed by atoms with Crippen molar-refractivity contribution < 1.29 is 23.8 Å². The smallest absolute Gasteiger partial charge is 0.336 e. The summed E-state index contributed by atoms with van der Waals surface area (Å²) in [7, 11) is 0. The second kappa shape index (κ2) is 5.16. The molecule has 0 saturated carbocycles. The Morgan fingerprint density at radius 2 is 1.63 bits per heavy atom. The average Bonchev–Trinajstić information content (AvgIpc) is 2.41. The van der Waals surface area contributed by atoms with Crippen LogP contribution in [0.3, 0.4) is 0 Å². The van der Waals surface area contributed by atoms with Crippen molar-refractivity contribution in [2.75, 3.05) is 0 Å². The quantitative estimate of drug-likeness (QED) is 0.896. The third-order valence-corrected chi connectivity index (χ3v) is 2.73. The molecule has 0 bridgehead atoms. The number of rotatable bonds is 3. The molecule has 0 aliphatic carbocycles. The monoisotopic (exact) mass is 264 g/mol. The van der Waals surface area contributed by atoms with E-state index in [2.05, 4.69) is 0 Å². The summed E-state index contributed by atoms with van der Waals surface area (Å²) in [5, 5.41) is 19.1. The van der Waals surface area contributed by atoms with Gasteiger partial charge in [-0.15, -0.1) is 0 Å². The van der Waals surface area contributed by atoms with Gasteiger partial charge in [0.1, 0.15) is 6.10 Å². The molecular weight excluding hydrogens is 254 g/mol. The summed E-state index contributed by atoms with van der Waals surface area (Å²) in [5.41, 5.74) is -0.246. The van der Waals surface area contributed by atoms with E-state index in [1.54, 1.807) is 30.3 Å². The molecule has 2 rings (SSSR count).